The molecule has 0 aromatic carbocycles. The van der Waals surface area contributed by atoms with Gasteiger partial charge in [-0.2, -0.15) is 0 Å². The maximum atomic E-state index is 10.5. The predicted molar refractivity (Wildman–Crippen MR) is 38.0 cm³/mol. The molecule has 0 saturated carbocycles. The molecule has 0 aromatic rings. The second-order valence-corrected chi connectivity index (χ2v) is 2.62. The number of nitrogens with zero attached hydrogens (tertiary/aromatic N) is 1. The van der Waals surface area contributed by atoms with E-state index in [0.717, 1.165) is 24.6 Å². The summed E-state index contributed by atoms with van der Waals surface area (Å²) in [5.74, 6) is -0.667. The normalized spacial score (nSPS) is 27.2. The van der Waals surface area contributed by atoms with Crippen LogP contribution in [0.4, 0.5) is 0 Å². The van der Waals surface area contributed by atoms with Crippen LogP contribution < -0.4 is 0 Å². The average molecular weight is 135 g/mol. The fourth-order valence-electron chi connectivity index (χ4n) is 1.48. The summed E-state index contributed by atoms with van der Waals surface area (Å²) in [6, 6.07) is -0.204. The van der Waals surface area contributed by atoms with E-state index >= 15 is 0 Å². The monoisotopic (exact) mass is 135 g/mol. The summed E-state index contributed by atoms with van der Waals surface area (Å²) in [4.78, 5) is 12.5. The molecule has 1 rings (SSSR count). The Bertz CT molecular complexity index is 140. The van der Waals surface area contributed by atoms with Gasteiger partial charge in [0.05, 0.1) is 0 Å². The first-order chi connectivity index (χ1) is 4.75. The van der Waals surface area contributed by atoms with Gasteiger partial charge in [-0.15, -0.1) is 0 Å². The summed E-state index contributed by atoms with van der Waals surface area (Å²) < 4.78 is 0. The van der Waals surface area contributed by atoms with Crippen molar-refractivity contribution in [3.8, 4) is 0 Å². The van der Waals surface area contributed by atoms with E-state index in [0.29, 0.717) is 0 Å². The first-order valence-electron chi connectivity index (χ1n) is 3.72. The predicted octanol–water partition coefficient (Wildman–Crippen LogP) is -0.339. The van der Waals surface area contributed by atoms with Crippen molar-refractivity contribution in [1.82, 2.24) is 4.90 Å². The number of hydrogen-bond acceptors (Lipinski definition) is 2. The summed E-state index contributed by atoms with van der Waals surface area (Å²) in [5, 5.41) is 9.53. The molecule has 4 heteroatoms. The molecule has 1 fully saturated rings. The molecule has 0 aromatic heterocycles. The molecule has 1 atom stereocenters. The fraction of sp³-hybridized carbons (Fsp3) is 0.833. The number of likely N-dealkylation sites (tertiary alicyclic amines) is 1. The Balaban J connectivity index is 2.50. The number of carboxylic acid groups (broad SMARTS) is 1. The molecule has 1 aliphatic heterocycles. The molecule has 1 heterocycles. The average Bonchev–Trinajstić information content (AvgIpc) is 2.33. The summed E-state index contributed by atoms with van der Waals surface area (Å²) in [5.41, 5.74) is 0. The first-order valence-corrected chi connectivity index (χ1v) is 3.72. The Morgan fingerprint density at radius 2 is 2.50 bits per heavy atom. The molecule has 1 aliphatic rings. The van der Waals surface area contributed by atoms with E-state index in [-0.39, 0.29) is 6.04 Å². The van der Waals surface area contributed by atoms with Crippen molar-refractivity contribution in [2.75, 3.05) is 11.8 Å². The number of aliphatic carboxylic acids is 1. The SMILES string of the molecule is [Li][CH2]N1CCC[C@H]1C(=O)O. The van der Waals surface area contributed by atoms with Gasteiger partial charge >= 0.3 is 69.1 Å². The van der Waals surface area contributed by atoms with E-state index in [9.17, 15) is 4.79 Å². The van der Waals surface area contributed by atoms with Gasteiger partial charge in [0, 0.05) is 0 Å². The van der Waals surface area contributed by atoms with E-state index < -0.39 is 5.97 Å². The Morgan fingerprint density at radius 3 is 2.90 bits per heavy atom. The topological polar surface area (TPSA) is 40.5 Å². The van der Waals surface area contributed by atoms with Gasteiger partial charge in [-0.05, 0) is 0 Å². The van der Waals surface area contributed by atoms with E-state index in [1.54, 1.807) is 0 Å². The molecule has 3 nitrogen and oxygen atoms in total. The molecule has 0 unspecified atom stereocenters. The molecule has 1 saturated heterocycles. The van der Waals surface area contributed by atoms with Gasteiger partial charge in [0.1, 0.15) is 0 Å². The van der Waals surface area contributed by atoms with Crippen LogP contribution in [0, 0.1) is 0 Å². The summed E-state index contributed by atoms with van der Waals surface area (Å²) >= 11 is 2.00. The third kappa shape index (κ3) is 1.54. The quantitative estimate of drug-likeness (QED) is 0.526. The molecule has 0 amide bonds. The summed E-state index contributed by atoms with van der Waals surface area (Å²) in [6.45, 7) is 0.952. The second-order valence-electron chi connectivity index (χ2n) is 2.62. The first kappa shape index (κ1) is 8.13. The van der Waals surface area contributed by atoms with Gasteiger partial charge in [0.15, 0.2) is 0 Å². The number of carboxylic acids is 1. The Kier molecular flexibility index (Phi) is 2.79. The van der Waals surface area contributed by atoms with Crippen molar-refractivity contribution in [2.24, 2.45) is 0 Å². The van der Waals surface area contributed by atoms with Gasteiger partial charge in [0.25, 0.3) is 0 Å². The summed E-state index contributed by atoms with van der Waals surface area (Å²) in [6.07, 6.45) is 1.86. The van der Waals surface area contributed by atoms with Crippen LogP contribution in [0.25, 0.3) is 0 Å². The van der Waals surface area contributed by atoms with Crippen LogP contribution in [0.1, 0.15) is 12.8 Å². The minimum atomic E-state index is -0.667. The van der Waals surface area contributed by atoms with Crippen LogP contribution in [-0.2, 0) is 4.79 Å². The Labute approximate surface area is 69.6 Å². The van der Waals surface area contributed by atoms with Crippen LogP contribution in [0.15, 0.2) is 0 Å². The molecule has 0 radical (unpaired) electrons. The van der Waals surface area contributed by atoms with Gasteiger partial charge in [-0.3, -0.25) is 0 Å². The maximum absolute atomic E-state index is 10.5. The molecule has 10 heavy (non-hydrogen) atoms. The number of rotatable bonds is 2. The van der Waals surface area contributed by atoms with E-state index in [4.69, 9.17) is 5.11 Å². The van der Waals surface area contributed by atoms with Crippen LogP contribution in [0.5, 0.6) is 0 Å². The van der Waals surface area contributed by atoms with Gasteiger partial charge in [0.2, 0.25) is 0 Å². The zero-order valence-corrected chi connectivity index (χ0v) is 6.21. The molecule has 0 spiro atoms. The van der Waals surface area contributed by atoms with Crippen LogP contribution >= 0.6 is 0 Å². The van der Waals surface area contributed by atoms with Crippen molar-refractivity contribution in [3.05, 3.63) is 0 Å². The zero-order chi connectivity index (χ0) is 7.56. The Morgan fingerprint density at radius 1 is 1.80 bits per heavy atom. The molecular formula is C6H10LiNO2. The van der Waals surface area contributed by atoms with Crippen LogP contribution in [0.3, 0.4) is 0 Å². The van der Waals surface area contributed by atoms with Crippen molar-refractivity contribution in [2.45, 2.75) is 18.9 Å². The van der Waals surface area contributed by atoms with E-state index in [2.05, 4.69) is 0 Å². The molecule has 0 bridgehead atoms. The minimum absolute atomic E-state index is 0.204. The second kappa shape index (κ2) is 3.43. The van der Waals surface area contributed by atoms with Crippen LogP contribution in [-0.4, -0.2) is 51.5 Å². The molecular weight excluding hydrogens is 125 g/mol. The molecule has 1 N–H and O–H groups in total. The van der Waals surface area contributed by atoms with Crippen molar-refractivity contribution in [1.29, 1.82) is 0 Å². The van der Waals surface area contributed by atoms with Crippen LogP contribution in [0.2, 0.25) is 0 Å². The van der Waals surface area contributed by atoms with Crippen molar-refractivity contribution < 1.29 is 9.90 Å². The Hall–Kier alpha value is 0.0274. The van der Waals surface area contributed by atoms with Gasteiger partial charge < -0.3 is 0 Å². The summed E-state index contributed by atoms with van der Waals surface area (Å²) in [7, 11) is 0. The van der Waals surface area contributed by atoms with Crippen molar-refractivity contribution in [3.63, 3.8) is 0 Å². The third-order valence-electron chi connectivity index (χ3n) is 2.05. The molecule has 52 valence electrons. The van der Waals surface area contributed by atoms with Gasteiger partial charge in [-0.1, -0.05) is 0 Å². The zero-order valence-electron chi connectivity index (χ0n) is 6.21. The van der Waals surface area contributed by atoms with E-state index in [1.165, 1.54) is 0 Å². The van der Waals surface area contributed by atoms with Gasteiger partial charge in [-0.25, -0.2) is 0 Å². The fourth-order valence-corrected chi connectivity index (χ4v) is 1.48. The van der Waals surface area contributed by atoms with E-state index in [1.807, 2.05) is 22.6 Å². The number of carbonyl (C=O) groups is 1. The van der Waals surface area contributed by atoms with Crippen molar-refractivity contribution >= 4 is 23.7 Å². The number of hydrogen-bond donors (Lipinski definition) is 1. The molecule has 0 aliphatic carbocycles. The standard InChI is InChI=1S/C6H10NO2.Li/c1-7-4-2-3-5(7)6(8)9;/h5H,1-4H2,(H,8,9);/t5-;/m0./s1. The third-order valence-corrected chi connectivity index (χ3v) is 2.05.